The fraction of sp³-hybridized carbons (Fsp3) is 0.800. The van der Waals surface area contributed by atoms with Crippen molar-refractivity contribution in [3.8, 4) is 0 Å². The first-order valence-electron chi connectivity index (χ1n) is 7.79. The van der Waals surface area contributed by atoms with E-state index in [1.165, 1.54) is 0 Å². The van der Waals surface area contributed by atoms with Crippen molar-refractivity contribution in [2.75, 3.05) is 13.2 Å². The Kier molecular flexibility index (Phi) is 7.19. The molecule has 2 amide bonds. The second kappa shape index (κ2) is 8.64. The van der Waals surface area contributed by atoms with Gasteiger partial charge in [-0.25, -0.2) is 4.79 Å². The molecule has 0 unspecified atom stereocenters. The van der Waals surface area contributed by atoms with E-state index < -0.39 is 5.54 Å². The average molecular weight is 298 g/mol. The van der Waals surface area contributed by atoms with E-state index in [4.69, 9.17) is 4.74 Å². The second-order valence-corrected chi connectivity index (χ2v) is 5.44. The molecule has 1 saturated carbocycles. The fourth-order valence-corrected chi connectivity index (χ4v) is 2.61. The molecule has 0 spiro atoms. The molecule has 0 saturated heterocycles. The summed E-state index contributed by atoms with van der Waals surface area (Å²) in [6, 6.07) is 0. The topological polar surface area (TPSA) is 84.5 Å². The third-order valence-corrected chi connectivity index (χ3v) is 3.68. The van der Waals surface area contributed by atoms with Crippen LogP contribution >= 0.6 is 0 Å². The first kappa shape index (κ1) is 17.5. The summed E-state index contributed by atoms with van der Waals surface area (Å²) in [7, 11) is 0. The largest absolute Gasteiger partial charge is 0.464 e. The Morgan fingerprint density at radius 3 is 2.29 bits per heavy atom. The van der Waals surface area contributed by atoms with Gasteiger partial charge in [0.15, 0.2) is 0 Å². The van der Waals surface area contributed by atoms with Gasteiger partial charge in [0.05, 0.1) is 13.2 Å². The number of rotatable bonds is 7. The summed E-state index contributed by atoms with van der Waals surface area (Å²) in [5.41, 5.74) is -0.916. The molecule has 0 aromatic carbocycles. The lowest BCUT2D eigenvalue weighted by Gasteiger charge is -2.35. The molecule has 1 aliphatic rings. The second-order valence-electron chi connectivity index (χ2n) is 5.44. The van der Waals surface area contributed by atoms with Crippen molar-refractivity contribution in [1.82, 2.24) is 10.6 Å². The van der Waals surface area contributed by atoms with Gasteiger partial charge in [-0.05, 0) is 26.2 Å². The van der Waals surface area contributed by atoms with Crippen LogP contribution in [0.3, 0.4) is 0 Å². The number of carbonyl (C=O) groups is 3. The molecule has 6 heteroatoms. The lowest BCUT2D eigenvalue weighted by Crippen LogP contribution is -2.58. The number of ether oxygens (including phenoxy) is 1. The summed E-state index contributed by atoms with van der Waals surface area (Å²) in [5, 5.41) is 5.34. The lowest BCUT2D eigenvalue weighted by atomic mass is 9.81. The highest BCUT2D eigenvalue weighted by molar-refractivity contribution is 5.90. The number of hydrogen-bond donors (Lipinski definition) is 2. The van der Waals surface area contributed by atoms with Crippen LogP contribution in [-0.2, 0) is 19.1 Å². The molecule has 21 heavy (non-hydrogen) atoms. The maximum Gasteiger partial charge on any atom is 0.331 e. The Bertz CT molecular complexity index is 376. The van der Waals surface area contributed by atoms with Gasteiger partial charge in [-0.15, -0.1) is 0 Å². The predicted molar refractivity (Wildman–Crippen MR) is 78.5 cm³/mol. The highest BCUT2D eigenvalue weighted by Gasteiger charge is 2.42. The molecular formula is C15H26N2O4. The highest BCUT2D eigenvalue weighted by Crippen LogP contribution is 2.29. The maximum absolute atomic E-state index is 12.2. The number of nitrogens with one attached hydrogen (secondary N) is 2. The fourth-order valence-electron chi connectivity index (χ4n) is 2.61. The lowest BCUT2D eigenvalue weighted by molar-refractivity contribution is -0.155. The van der Waals surface area contributed by atoms with Crippen LogP contribution in [0.2, 0.25) is 0 Å². The number of hydrogen-bond acceptors (Lipinski definition) is 4. The quantitative estimate of drug-likeness (QED) is 0.694. The summed E-state index contributed by atoms with van der Waals surface area (Å²) in [5.74, 6) is -0.853. The Labute approximate surface area is 126 Å². The molecule has 1 rings (SSSR count). The van der Waals surface area contributed by atoms with Gasteiger partial charge in [0, 0.05) is 6.42 Å². The van der Waals surface area contributed by atoms with Crippen LogP contribution < -0.4 is 10.6 Å². The summed E-state index contributed by atoms with van der Waals surface area (Å²) < 4.78 is 5.11. The Balaban J connectivity index is 2.58. The molecule has 0 aromatic rings. The van der Waals surface area contributed by atoms with Crippen molar-refractivity contribution < 1.29 is 19.1 Å². The first-order valence-corrected chi connectivity index (χ1v) is 7.79. The third kappa shape index (κ3) is 5.36. The number of amides is 2. The van der Waals surface area contributed by atoms with E-state index in [1.54, 1.807) is 6.92 Å². The van der Waals surface area contributed by atoms with Crippen molar-refractivity contribution in [2.45, 2.75) is 64.3 Å². The third-order valence-electron chi connectivity index (χ3n) is 3.68. The van der Waals surface area contributed by atoms with E-state index >= 15 is 0 Å². The molecule has 120 valence electrons. The van der Waals surface area contributed by atoms with Gasteiger partial charge in [-0.1, -0.05) is 26.2 Å². The first-order chi connectivity index (χ1) is 10.0. The van der Waals surface area contributed by atoms with Crippen molar-refractivity contribution in [3.05, 3.63) is 0 Å². The van der Waals surface area contributed by atoms with Crippen molar-refractivity contribution in [2.24, 2.45) is 0 Å². The smallest absolute Gasteiger partial charge is 0.331 e. The molecule has 1 fully saturated rings. The number of esters is 1. The van der Waals surface area contributed by atoms with Crippen molar-refractivity contribution in [1.29, 1.82) is 0 Å². The van der Waals surface area contributed by atoms with Gasteiger partial charge >= 0.3 is 5.97 Å². The Hall–Kier alpha value is -1.59. The van der Waals surface area contributed by atoms with Gasteiger partial charge in [0.1, 0.15) is 5.54 Å². The standard InChI is InChI=1S/C15H26N2O4/c1-3-8-12(18)16-11-13(19)17-15(14(20)21-4-2)9-6-5-7-10-15/h3-11H2,1-2H3,(H,16,18)(H,17,19). The maximum atomic E-state index is 12.2. The highest BCUT2D eigenvalue weighted by atomic mass is 16.5. The van der Waals surface area contributed by atoms with Crippen molar-refractivity contribution >= 4 is 17.8 Å². The van der Waals surface area contributed by atoms with E-state index in [9.17, 15) is 14.4 Å². The summed E-state index contributed by atoms with van der Waals surface area (Å²) in [6.07, 6.45) is 5.17. The average Bonchev–Trinajstić information content (AvgIpc) is 2.47. The zero-order valence-corrected chi connectivity index (χ0v) is 13.0. The van der Waals surface area contributed by atoms with Gasteiger partial charge in [0.25, 0.3) is 0 Å². The van der Waals surface area contributed by atoms with Crippen LogP contribution in [0.25, 0.3) is 0 Å². The molecule has 0 aromatic heterocycles. The van der Waals surface area contributed by atoms with E-state index in [1.807, 2.05) is 6.92 Å². The molecule has 2 N–H and O–H groups in total. The molecule has 0 bridgehead atoms. The van der Waals surface area contributed by atoms with Gasteiger partial charge in [0.2, 0.25) is 11.8 Å². The molecular weight excluding hydrogens is 272 g/mol. The van der Waals surface area contributed by atoms with Gasteiger partial charge in [-0.2, -0.15) is 0 Å². The minimum absolute atomic E-state index is 0.0972. The van der Waals surface area contributed by atoms with Gasteiger partial charge < -0.3 is 15.4 Å². The Morgan fingerprint density at radius 2 is 1.71 bits per heavy atom. The minimum atomic E-state index is -0.916. The molecule has 0 heterocycles. The summed E-state index contributed by atoms with van der Waals surface area (Å²) in [4.78, 5) is 35.5. The van der Waals surface area contributed by atoms with E-state index in [2.05, 4.69) is 10.6 Å². The van der Waals surface area contributed by atoms with Crippen molar-refractivity contribution in [3.63, 3.8) is 0 Å². The number of carbonyl (C=O) groups excluding carboxylic acids is 3. The molecule has 0 aliphatic heterocycles. The van der Waals surface area contributed by atoms with Crippen LogP contribution in [0.1, 0.15) is 58.8 Å². The van der Waals surface area contributed by atoms with E-state index in [0.717, 1.165) is 25.7 Å². The van der Waals surface area contributed by atoms with E-state index in [0.29, 0.717) is 25.9 Å². The minimum Gasteiger partial charge on any atom is -0.464 e. The van der Waals surface area contributed by atoms with Crippen LogP contribution in [0.5, 0.6) is 0 Å². The SMILES string of the molecule is CCCC(=O)NCC(=O)NC1(C(=O)OCC)CCCCC1. The normalized spacial score (nSPS) is 16.9. The zero-order chi connectivity index (χ0) is 15.7. The van der Waals surface area contributed by atoms with Crippen LogP contribution in [0.15, 0.2) is 0 Å². The van der Waals surface area contributed by atoms with Gasteiger partial charge in [-0.3, -0.25) is 9.59 Å². The zero-order valence-electron chi connectivity index (χ0n) is 13.0. The Morgan fingerprint density at radius 1 is 1.05 bits per heavy atom. The molecule has 0 radical (unpaired) electrons. The summed E-state index contributed by atoms with van der Waals surface area (Å²) in [6.45, 7) is 3.85. The van der Waals surface area contributed by atoms with E-state index in [-0.39, 0.29) is 24.3 Å². The monoisotopic (exact) mass is 298 g/mol. The molecule has 0 atom stereocenters. The molecule has 6 nitrogen and oxygen atoms in total. The van der Waals surface area contributed by atoms with Crippen LogP contribution in [0, 0.1) is 0 Å². The summed E-state index contributed by atoms with van der Waals surface area (Å²) >= 11 is 0. The van der Waals surface area contributed by atoms with Crippen LogP contribution in [-0.4, -0.2) is 36.5 Å². The predicted octanol–water partition coefficient (Wildman–Crippen LogP) is 1.28. The van der Waals surface area contributed by atoms with Crippen LogP contribution in [0.4, 0.5) is 0 Å². The molecule has 1 aliphatic carbocycles.